The van der Waals surface area contributed by atoms with Gasteiger partial charge >= 0.3 is 0 Å². The molecule has 194 valence electrons. The molecule has 1 unspecified atom stereocenters. The van der Waals surface area contributed by atoms with Crippen molar-refractivity contribution in [2.24, 2.45) is 0 Å². The van der Waals surface area contributed by atoms with Crippen molar-refractivity contribution in [1.29, 1.82) is 0 Å². The second-order valence-corrected chi connectivity index (χ2v) is 12.4. The van der Waals surface area contributed by atoms with Crippen LogP contribution in [0.1, 0.15) is 28.3 Å². The molecule has 1 atom stereocenters. The molecule has 0 saturated carbocycles. The van der Waals surface area contributed by atoms with Crippen molar-refractivity contribution in [1.82, 2.24) is 9.03 Å². The number of benzene rings is 4. The van der Waals surface area contributed by atoms with Gasteiger partial charge in [0, 0.05) is 6.04 Å². The van der Waals surface area contributed by atoms with Crippen LogP contribution < -0.4 is 4.72 Å². The lowest BCUT2D eigenvalue weighted by Gasteiger charge is -2.19. The van der Waals surface area contributed by atoms with Crippen LogP contribution in [-0.2, 0) is 26.6 Å². The van der Waals surface area contributed by atoms with E-state index in [0.717, 1.165) is 21.0 Å². The largest absolute Gasteiger partial charge is 0.271 e. The maximum atomic E-state index is 13.6. The molecular weight excluding hydrogens is 516 g/mol. The van der Waals surface area contributed by atoms with E-state index in [-0.39, 0.29) is 16.3 Å². The van der Waals surface area contributed by atoms with Crippen LogP contribution in [0.15, 0.2) is 119 Å². The Kier molecular flexibility index (Phi) is 8.32. The van der Waals surface area contributed by atoms with E-state index in [0.29, 0.717) is 5.56 Å². The van der Waals surface area contributed by atoms with Gasteiger partial charge in [0.2, 0.25) is 10.0 Å². The Labute approximate surface area is 225 Å². The number of nitrogens with one attached hydrogen (secondary N) is 1. The molecule has 0 aliphatic rings. The molecule has 0 radical (unpaired) electrons. The van der Waals surface area contributed by atoms with Crippen molar-refractivity contribution in [2.45, 2.75) is 36.2 Å². The molecule has 4 rings (SSSR count). The molecule has 0 aromatic heterocycles. The summed E-state index contributed by atoms with van der Waals surface area (Å²) >= 11 is 0. The van der Waals surface area contributed by atoms with Gasteiger partial charge in [0.25, 0.3) is 10.0 Å². The zero-order valence-corrected chi connectivity index (χ0v) is 22.7. The number of hydrogen-bond acceptors (Lipinski definition) is 4. The van der Waals surface area contributed by atoms with E-state index < -0.39 is 26.1 Å². The second kappa shape index (κ2) is 11.7. The molecular formula is C30H28N2O4S2. The van der Waals surface area contributed by atoms with Gasteiger partial charge in [-0.1, -0.05) is 102 Å². The third-order valence-corrected chi connectivity index (χ3v) is 8.96. The zero-order chi connectivity index (χ0) is 27.2. The molecule has 1 N–H and O–H groups in total. The van der Waals surface area contributed by atoms with Crippen LogP contribution in [0.2, 0.25) is 0 Å². The highest BCUT2D eigenvalue weighted by molar-refractivity contribution is 7.89. The van der Waals surface area contributed by atoms with E-state index in [1.54, 1.807) is 60.7 Å². The zero-order valence-electron chi connectivity index (χ0n) is 21.1. The Hall–Kier alpha value is -3.90. The minimum atomic E-state index is -4.01. The third kappa shape index (κ3) is 6.69. The predicted octanol–water partition coefficient (Wildman–Crippen LogP) is 5.18. The lowest BCUT2D eigenvalue weighted by atomic mass is 10.1. The highest BCUT2D eigenvalue weighted by Gasteiger charge is 2.24. The van der Waals surface area contributed by atoms with Gasteiger partial charge in [-0.15, -0.1) is 0 Å². The molecule has 8 heteroatoms. The van der Waals surface area contributed by atoms with Crippen LogP contribution >= 0.6 is 0 Å². The quantitative estimate of drug-likeness (QED) is 0.245. The number of sulfonamides is 2. The van der Waals surface area contributed by atoms with Crippen LogP contribution in [0.25, 0.3) is 0 Å². The Morgan fingerprint density at radius 2 is 1.18 bits per heavy atom. The third-order valence-electron chi connectivity index (χ3n) is 5.85. The number of nitrogens with zero attached hydrogens (tertiary/aromatic N) is 1. The Morgan fingerprint density at radius 3 is 1.74 bits per heavy atom. The van der Waals surface area contributed by atoms with Gasteiger partial charge in [-0.05, 0) is 49.2 Å². The average Bonchev–Trinajstić information content (AvgIpc) is 2.91. The van der Waals surface area contributed by atoms with Crippen molar-refractivity contribution in [3.63, 3.8) is 0 Å². The van der Waals surface area contributed by atoms with Gasteiger partial charge in [0.05, 0.1) is 16.3 Å². The van der Waals surface area contributed by atoms with Crippen LogP contribution in [0.3, 0.4) is 0 Å². The van der Waals surface area contributed by atoms with Gasteiger partial charge < -0.3 is 0 Å². The molecule has 0 amide bonds. The Morgan fingerprint density at radius 1 is 0.684 bits per heavy atom. The van der Waals surface area contributed by atoms with Crippen LogP contribution in [0, 0.1) is 25.8 Å². The summed E-state index contributed by atoms with van der Waals surface area (Å²) in [6.45, 7) is 3.75. The molecule has 0 heterocycles. The van der Waals surface area contributed by atoms with Crippen molar-refractivity contribution in [3.05, 3.63) is 131 Å². The minimum Gasteiger partial charge on any atom is -0.220 e. The molecule has 38 heavy (non-hydrogen) atoms. The fourth-order valence-corrected chi connectivity index (χ4v) is 6.04. The van der Waals surface area contributed by atoms with E-state index in [4.69, 9.17) is 0 Å². The van der Waals surface area contributed by atoms with E-state index in [1.807, 2.05) is 50.2 Å². The lowest BCUT2D eigenvalue weighted by Crippen LogP contribution is -2.30. The van der Waals surface area contributed by atoms with E-state index in [2.05, 4.69) is 16.7 Å². The van der Waals surface area contributed by atoms with Crippen LogP contribution in [0.4, 0.5) is 0 Å². The van der Waals surface area contributed by atoms with Gasteiger partial charge in [-0.3, -0.25) is 0 Å². The SMILES string of the molecule is Cc1ccc(S(=O)(=O)NC(C#CN(Cc2ccccc2)S(=O)(=O)c2ccc(C)cc2)c2ccccc2)cc1. The smallest absolute Gasteiger partial charge is 0.220 e. The first-order valence-electron chi connectivity index (χ1n) is 11.9. The monoisotopic (exact) mass is 544 g/mol. The van der Waals surface area contributed by atoms with Crippen LogP contribution in [-0.4, -0.2) is 21.1 Å². The summed E-state index contributed by atoms with van der Waals surface area (Å²) in [5.41, 5.74) is 3.19. The van der Waals surface area contributed by atoms with Crippen molar-refractivity contribution >= 4 is 20.0 Å². The van der Waals surface area contributed by atoms with Crippen LogP contribution in [0.5, 0.6) is 0 Å². The molecule has 0 fully saturated rings. The molecule has 4 aromatic rings. The summed E-state index contributed by atoms with van der Waals surface area (Å²) in [6, 6.07) is 32.8. The lowest BCUT2D eigenvalue weighted by molar-refractivity contribution is 0.508. The van der Waals surface area contributed by atoms with E-state index >= 15 is 0 Å². The standard InChI is InChI=1S/C30H28N2O4S2/c1-24-13-17-28(18-14-24)37(33,34)31-30(27-11-7-4-8-12-27)21-22-32(23-26-9-5-3-6-10-26)38(35,36)29-19-15-25(2)16-20-29/h3-20,30-31H,23H2,1-2H3. The molecule has 0 aliphatic carbocycles. The highest BCUT2D eigenvalue weighted by atomic mass is 32.2. The van der Waals surface area contributed by atoms with Crippen molar-refractivity contribution < 1.29 is 16.8 Å². The summed E-state index contributed by atoms with van der Waals surface area (Å²) in [5.74, 6) is 2.89. The van der Waals surface area contributed by atoms with E-state index in [9.17, 15) is 16.8 Å². The van der Waals surface area contributed by atoms with Gasteiger partial charge in [0.1, 0.15) is 6.04 Å². The highest BCUT2D eigenvalue weighted by Crippen LogP contribution is 2.21. The average molecular weight is 545 g/mol. The first-order chi connectivity index (χ1) is 18.1. The molecule has 0 saturated heterocycles. The first kappa shape index (κ1) is 27.1. The molecule has 4 aromatic carbocycles. The first-order valence-corrected chi connectivity index (χ1v) is 14.9. The number of hydrogen-bond donors (Lipinski definition) is 1. The normalized spacial score (nSPS) is 12.3. The molecule has 0 aliphatic heterocycles. The maximum absolute atomic E-state index is 13.6. The van der Waals surface area contributed by atoms with Gasteiger partial charge in [-0.2, -0.15) is 4.72 Å². The molecule has 0 bridgehead atoms. The summed E-state index contributed by atoms with van der Waals surface area (Å²) in [5, 5.41) is 0. The van der Waals surface area contributed by atoms with Gasteiger partial charge in [0.15, 0.2) is 0 Å². The summed E-state index contributed by atoms with van der Waals surface area (Å²) in [6.07, 6.45) is 0. The predicted molar refractivity (Wildman–Crippen MR) is 149 cm³/mol. The minimum absolute atomic E-state index is 0.00370. The molecule has 6 nitrogen and oxygen atoms in total. The van der Waals surface area contributed by atoms with Gasteiger partial charge in [-0.25, -0.2) is 21.1 Å². The summed E-state index contributed by atoms with van der Waals surface area (Å²) < 4.78 is 57.3. The maximum Gasteiger partial charge on any atom is 0.271 e. The summed E-state index contributed by atoms with van der Waals surface area (Å²) in [4.78, 5) is 0.198. The Balaban J connectivity index is 1.76. The fourth-order valence-electron chi connectivity index (χ4n) is 3.67. The van der Waals surface area contributed by atoms with Crippen molar-refractivity contribution in [3.8, 4) is 12.0 Å². The fraction of sp³-hybridized carbons (Fsp3) is 0.133. The van der Waals surface area contributed by atoms with Crippen molar-refractivity contribution in [2.75, 3.05) is 0 Å². The number of aryl methyl sites for hydroxylation is 2. The second-order valence-electron chi connectivity index (χ2n) is 8.84. The number of rotatable bonds is 8. The Bertz CT molecular complexity index is 1640. The van der Waals surface area contributed by atoms with E-state index in [1.165, 1.54) is 12.1 Å². The molecule has 0 spiro atoms. The topological polar surface area (TPSA) is 83.6 Å². The summed E-state index contributed by atoms with van der Waals surface area (Å²) in [7, 11) is -7.96.